The molecule has 0 aromatic rings. The van der Waals surface area contributed by atoms with Crippen LogP contribution in [0.3, 0.4) is 0 Å². The zero-order chi connectivity index (χ0) is 11.1. The molecule has 0 saturated carbocycles. The molecular weight excluding hydrogens is 236 g/mol. The van der Waals surface area contributed by atoms with Crippen LogP contribution in [0.25, 0.3) is 0 Å². The summed E-state index contributed by atoms with van der Waals surface area (Å²) in [6, 6.07) is -0.295. The molecule has 1 heterocycles. The molecule has 0 bridgehead atoms. The molecule has 0 aliphatic carbocycles. The molecule has 1 aliphatic rings. The highest BCUT2D eigenvalue weighted by molar-refractivity contribution is 5.85. The molecule has 0 aromatic carbocycles. The van der Waals surface area contributed by atoms with Crippen molar-refractivity contribution in [3.63, 3.8) is 0 Å². The van der Waals surface area contributed by atoms with Gasteiger partial charge in [0.25, 0.3) is 0 Å². The first-order valence-electron chi connectivity index (χ1n) is 4.92. The van der Waals surface area contributed by atoms with Gasteiger partial charge in [-0.15, -0.1) is 12.4 Å². The van der Waals surface area contributed by atoms with Crippen LogP contribution in [0.1, 0.15) is 6.92 Å². The fourth-order valence-electron chi connectivity index (χ4n) is 1.23. The number of carbonyl (C=O) groups excluding carboxylic acids is 2. The fraction of sp³-hybridized carbons (Fsp3) is 0.778. The summed E-state index contributed by atoms with van der Waals surface area (Å²) in [4.78, 5) is 21.9. The molecule has 16 heavy (non-hydrogen) atoms. The number of amides is 1. The van der Waals surface area contributed by atoms with Crippen molar-refractivity contribution < 1.29 is 19.1 Å². The van der Waals surface area contributed by atoms with Crippen molar-refractivity contribution in [2.24, 2.45) is 0 Å². The van der Waals surface area contributed by atoms with Crippen LogP contribution >= 0.6 is 12.4 Å². The number of rotatable bonds is 4. The standard InChI is InChI=1S/C9H16N2O4.ClH/c1-7(12)15-5-3-11-9(13)8-6-14-4-2-10-8;/h8,10H,2-6H2,1H3,(H,11,13);1H. The Morgan fingerprint density at radius 1 is 1.56 bits per heavy atom. The van der Waals surface area contributed by atoms with Crippen molar-refractivity contribution in [1.82, 2.24) is 10.6 Å². The number of hydrogen-bond acceptors (Lipinski definition) is 5. The van der Waals surface area contributed by atoms with Crippen molar-refractivity contribution in [2.45, 2.75) is 13.0 Å². The second kappa shape index (κ2) is 8.32. The molecule has 0 radical (unpaired) electrons. The molecule has 1 aliphatic heterocycles. The van der Waals surface area contributed by atoms with Gasteiger partial charge in [-0.2, -0.15) is 0 Å². The SMILES string of the molecule is CC(=O)OCCNC(=O)C1COCCN1.Cl. The average Bonchev–Trinajstić information content (AvgIpc) is 2.25. The molecule has 1 rings (SSSR count). The van der Waals surface area contributed by atoms with Gasteiger partial charge in [0.15, 0.2) is 0 Å². The summed E-state index contributed by atoms with van der Waals surface area (Å²) in [5.74, 6) is -0.467. The van der Waals surface area contributed by atoms with Gasteiger partial charge in [0.05, 0.1) is 19.8 Å². The van der Waals surface area contributed by atoms with Gasteiger partial charge in [-0.05, 0) is 0 Å². The Morgan fingerprint density at radius 3 is 2.88 bits per heavy atom. The highest BCUT2D eigenvalue weighted by Crippen LogP contribution is 1.92. The summed E-state index contributed by atoms with van der Waals surface area (Å²) in [5.41, 5.74) is 0. The number of ether oxygens (including phenoxy) is 2. The number of nitrogens with one attached hydrogen (secondary N) is 2. The van der Waals surface area contributed by atoms with Gasteiger partial charge < -0.3 is 20.1 Å². The van der Waals surface area contributed by atoms with E-state index in [0.717, 1.165) is 0 Å². The molecule has 1 unspecified atom stereocenters. The largest absolute Gasteiger partial charge is 0.464 e. The summed E-state index contributed by atoms with van der Waals surface area (Å²) in [7, 11) is 0. The van der Waals surface area contributed by atoms with E-state index in [-0.39, 0.29) is 36.9 Å². The first kappa shape index (κ1) is 15.2. The van der Waals surface area contributed by atoms with E-state index in [0.29, 0.717) is 26.3 Å². The van der Waals surface area contributed by atoms with Gasteiger partial charge in [0.1, 0.15) is 12.6 Å². The summed E-state index contributed by atoms with van der Waals surface area (Å²) in [6.07, 6.45) is 0. The van der Waals surface area contributed by atoms with Gasteiger partial charge in [-0.1, -0.05) is 0 Å². The van der Waals surface area contributed by atoms with Crippen LogP contribution in [-0.4, -0.2) is 50.8 Å². The lowest BCUT2D eigenvalue weighted by atomic mass is 10.2. The maximum absolute atomic E-state index is 11.4. The van der Waals surface area contributed by atoms with E-state index in [1.165, 1.54) is 6.92 Å². The van der Waals surface area contributed by atoms with E-state index in [9.17, 15) is 9.59 Å². The quantitative estimate of drug-likeness (QED) is 0.500. The van der Waals surface area contributed by atoms with Crippen molar-refractivity contribution in [3.8, 4) is 0 Å². The molecular formula is C9H17ClN2O4. The average molecular weight is 253 g/mol. The molecule has 7 heteroatoms. The minimum atomic E-state index is -0.344. The van der Waals surface area contributed by atoms with Crippen LogP contribution in [-0.2, 0) is 19.1 Å². The molecule has 6 nitrogen and oxygen atoms in total. The molecule has 2 N–H and O–H groups in total. The van der Waals surface area contributed by atoms with Gasteiger partial charge in [-0.25, -0.2) is 0 Å². The summed E-state index contributed by atoms with van der Waals surface area (Å²) >= 11 is 0. The number of hydrogen-bond donors (Lipinski definition) is 2. The normalized spacial score (nSPS) is 19.4. The first-order valence-corrected chi connectivity index (χ1v) is 4.92. The van der Waals surface area contributed by atoms with Crippen LogP contribution in [0.2, 0.25) is 0 Å². The molecule has 94 valence electrons. The van der Waals surface area contributed by atoms with E-state index >= 15 is 0 Å². The second-order valence-electron chi connectivity index (χ2n) is 3.21. The Morgan fingerprint density at radius 2 is 2.31 bits per heavy atom. The minimum absolute atomic E-state index is 0. The van der Waals surface area contributed by atoms with E-state index in [4.69, 9.17) is 4.74 Å². The number of halogens is 1. The lowest BCUT2D eigenvalue weighted by Gasteiger charge is -2.22. The first-order chi connectivity index (χ1) is 7.20. The third kappa shape index (κ3) is 5.89. The molecule has 1 amide bonds. The van der Waals surface area contributed by atoms with Gasteiger partial charge in [0, 0.05) is 13.5 Å². The number of esters is 1. The van der Waals surface area contributed by atoms with Crippen molar-refractivity contribution in [1.29, 1.82) is 0 Å². The maximum atomic E-state index is 11.4. The zero-order valence-electron chi connectivity index (χ0n) is 9.15. The van der Waals surface area contributed by atoms with E-state index in [1.807, 2.05) is 0 Å². The van der Waals surface area contributed by atoms with Crippen LogP contribution in [0.5, 0.6) is 0 Å². The lowest BCUT2D eigenvalue weighted by molar-refractivity contribution is -0.141. The van der Waals surface area contributed by atoms with Crippen molar-refractivity contribution in [2.75, 3.05) is 32.9 Å². The van der Waals surface area contributed by atoms with Crippen molar-refractivity contribution in [3.05, 3.63) is 0 Å². The molecule has 1 atom stereocenters. The third-order valence-corrected chi connectivity index (χ3v) is 1.94. The summed E-state index contributed by atoms with van der Waals surface area (Å²) < 4.78 is 9.81. The topological polar surface area (TPSA) is 76.7 Å². The van der Waals surface area contributed by atoms with Crippen molar-refractivity contribution >= 4 is 24.3 Å². The van der Waals surface area contributed by atoms with E-state index in [2.05, 4.69) is 15.4 Å². The Hall–Kier alpha value is -0.850. The summed E-state index contributed by atoms with van der Waals surface area (Å²) in [5, 5.41) is 5.67. The predicted molar refractivity (Wildman–Crippen MR) is 59.5 cm³/mol. The van der Waals surface area contributed by atoms with E-state index in [1.54, 1.807) is 0 Å². The Balaban J connectivity index is 0.00000225. The van der Waals surface area contributed by atoms with Crippen LogP contribution < -0.4 is 10.6 Å². The maximum Gasteiger partial charge on any atom is 0.302 e. The Kier molecular flexibility index (Phi) is 7.88. The molecule has 0 spiro atoms. The zero-order valence-corrected chi connectivity index (χ0v) is 9.97. The monoisotopic (exact) mass is 252 g/mol. The van der Waals surface area contributed by atoms with Crippen LogP contribution in [0, 0.1) is 0 Å². The highest BCUT2D eigenvalue weighted by atomic mass is 35.5. The van der Waals surface area contributed by atoms with Crippen LogP contribution in [0.4, 0.5) is 0 Å². The minimum Gasteiger partial charge on any atom is -0.464 e. The second-order valence-corrected chi connectivity index (χ2v) is 3.21. The molecule has 0 aromatic heterocycles. The molecule has 1 saturated heterocycles. The lowest BCUT2D eigenvalue weighted by Crippen LogP contribution is -2.51. The van der Waals surface area contributed by atoms with E-state index < -0.39 is 0 Å². The summed E-state index contributed by atoms with van der Waals surface area (Å²) in [6.45, 7) is 3.57. The van der Waals surface area contributed by atoms with Gasteiger partial charge in [-0.3, -0.25) is 9.59 Å². The smallest absolute Gasteiger partial charge is 0.302 e. The number of carbonyl (C=O) groups is 2. The Labute approximate surface area is 100 Å². The predicted octanol–water partition coefficient (Wildman–Crippen LogP) is -0.924. The number of morpholine rings is 1. The van der Waals surface area contributed by atoms with Gasteiger partial charge >= 0.3 is 5.97 Å². The van der Waals surface area contributed by atoms with Crippen LogP contribution in [0.15, 0.2) is 0 Å². The highest BCUT2D eigenvalue weighted by Gasteiger charge is 2.20. The third-order valence-electron chi connectivity index (χ3n) is 1.94. The molecule has 1 fully saturated rings. The fourth-order valence-corrected chi connectivity index (χ4v) is 1.23. The Bertz CT molecular complexity index is 232. The van der Waals surface area contributed by atoms with Gasteiger partial charge in [0.2, 0.25) is 5.91 Å².